The van der Waals surface area contributed by atoms with Crippen molar-refractivity contribution in [3.05, 3.63) is 54.5 Å². The summed E-state index contributed by atoms with van der Waals surface area (Å²) in [5.41, 5.74) is 0.626. The lowest BCUT2D eigenvalue weighted by molar-refractivity contribution is 0.0619. The maximum Gasteiger partial charge on any atom is 0.257 e. The van der Waals surface area contributed by atoms with Gasteiger partial charge in [-0.15, -0.1) is 0 Å². The van der Waals surface area contributed by atoms with Gasteiger partial charge < -0.3 is 14.1 Å². The number of piperazine rings is 1. The number of amides is 1. The summed E-state index contributed by atoms with van der Waals surface area (Å²) in [6.07, 6.45) is 3.03. The Hall–Kier alpha value is -2.27. The van der Waals surface area contributed by atoms with E-state index in [0.717, 1.165) is 38.5 Å². The van der Waals surface area contributed by atoms with E-state index in [2.05, 4.69) is 4.90 Å². The fourth-order valence-electron chi connectivity index (χ4n) is 2.55. The van der Waals surface area contributed by atoms with Crippen molar-refractivity contribution in [3.8, 4) is 5.75 Å². The molecule has 0 spiro atoms. The summed E-state index contributed by atoms with van der Waals surface area (Å²) in [6.45, 7) is 4.79. The molecule has 1 amide bonds. The van der Waals surface area contributed by atoms with Crippen LogP contribution in [0.2, 0.25) is 0 Å². The number of hydrogen-bond donors (Lipinski definition) is 0. The van der Waals surface area contributed by atoms with Crippen molar-refractivity contribution in [3.63, 3.8) is 0 Å². The summed E-state index contributed by atoms with van der Waals surface area (Å²) in [5.74, 6) is 0.949. The first-order chi connectivity index (χ1) is 10.8. The highest BCUT2D eigenvalue weighted by Gasteiger charge is 2.22. The molecule has 2 heterocycles. The maximum atomic E-state index is 12.2. The lowest BCUT2D eigenvalue weighted by Crippen LogP contribution is -2.49. The van der Waals surface area contributed by atoms with Gasteiger partial charge in [-0.25, -0.2) is 0 Å². The van der Waals surface area contributed by atoms with Gasteiger partial charge in [0.15, 0.2) is 0 Å². The van der Waals surface area contributed by atoms with Gasteiger partial charge in [0.05, 0.1) is 11.8 Å². The summed E-state index contributed by atoms with van der Waals surface area (Å²) in [5, 5.41) is 0. The van der Waals surface area contributed by atoms with Gasteiger partial charge in [-0.3, -0.25) is 9.69 Å². The normalized spacial score (nSPS) is 15.7. The number of benzene rings is 1. The van der Waals surface area contributed by atoms with Crippen molar-refractivity contribution in [2.75, 3.05) is 39.3 Å². The summed E-state index contributed by atoms with van der Waals surface area (Å²) in [6, 6.07) is 11.5. The molecule has 1 saturated heterocycles. The van der Waals surface area contributed by atoms with E-state index >= 15 is 0 Å². The van der Waals surface area contributed by atoms with Crippen LogP contribution in [-0.4, -0.2) is 55.0 Å². The van der Waals surface area contributed by atoms with Crippen LogP contribution in [-0.2, 0) is 0 Å². The van der Waals surface area contributed by atoms with Crippen LogP contribution in [0.3, 0.4) is 0 Å². The number of para-hydroxylation sites is 1. The smallest absolute Gasteiger partial charge is 0.257 e. The fourth-order valence-corrected chi connectivity index (χ4v) is 2.55. The summed E-state index contributed by atoms with van der Waals surface area (Å²) in [4.78, 5) is 16.4. The van der Waals surface area contributed by atoms with E-state index in [1.807, 2.05) is 35.2 Å². The molecular formula is C17H20N2O3. The monoisotopic (exact) mass is 300 g/mol. The summed E-state index contributed by atoms with van der Waals surface area (Å²) >= 11 is 0. The first kappa shape index (κ1) is 14.7. The standard InChI is InChI=1S/C17H20N2O3/c20-17(15-6-12-21-14-15)19-9-7-18(8-10-19)11-13-22-16-4-2-1-3-5-16/h1-6,12,14H,7-11,13H2. The van der Waals surface area contributed by atoms with Crippen LogP contribution in [0.15, 0.2) is 53.3 Å². The second-order valence-electron chi connectivity index (χ2n) is 5.31. The van der Waals surface area contributed by atoms with Crippen LogP contribution < -0.4 is 4.74 Å². The van der Waals surface area contributed by atoms with E-state index in [9.17, 15) is 4.79 Å². The third kappa shape index (κ3) is 3.68. The molecular weight excluding hydrogens is 280 g/mol. The highest BCUT2D eigenvalue weighted by molar-refractivity contribution is 5.93. The second-order valence-corrected chi connectivity index (χ2v) is 5.31. The Balaban J connectivity index is 1.39. The average Bonchev–Trinajstić information content (AvgIpc) is 3.10. The minimum Gasteiger partial charge on any atom is -0.492 e. The van der Waals surface area contributed by atoms with Crippen molar-refractivity contribution in [1.29, 1.82) is 0 Å². The minimum absolute atomic E-state index is 0.0499. The van der Waals surface area contributed by atoms with E-state index in [0.29, 0.717) is 12.2 Å². The highest BCUT2D eigenvalue weighted by Crippen LogP contribution is 2.10. The zero-order valence-corrected chi connectivity index (χ0v) is 12.5. The van der Waals surface area contributed by atoms with Gasteiger partial charge in [0.1, 0.15) is 18.6 Å². The van der Waals surface area contributed by atoms with Crippen LogP contribution in [0.25, 0.3) is 0 Å². The highest BCUT2D eigenvalue weighted by atomic mass is 16.5. The molecule has 0 radical (unpaired) electrons. The van der Waals surface area contributed by atoms with Crippen molar-refractivity contribution in [2.45, 2.75) is 0 Å². The van der Waals surface area contributed by atoms with Crippen LogP contribution in [0.1, 0.15) is 10.4 Å². The Morgan fingerprint density at radius 1 is 1.09 bits per heavy atom. The van der Waals surface area contributed by atoms with Gasteiger partial charge in [0, 0.05) is 32.7 Å². The second kappa shape index (κ2) is 7.13. The fraction of sp³-hybridized carbons (Fsp3) is 0.353. The first-order valence-corrected chi connectivity index (χ1v) is 7.54. The molecule has 5 heteroatoms. The first-order valence-electron chi connectivity index (χ1n) is 7.54. The number of rotatable bonds is 5. The number of ether oxygens (including phenoxy) is 1. The van der Waals surface area contributed by atoms with Crippen molar-refractivity contribution >= 4 is 5.91 Å². The zero-order chi connectivity index (χ0) is 15.2. The van der Waals surface area contributed by atoms with E-state index in [1.54, 1.807) is 6.07 Å². The lowest BCUT2D eigenvalue weighted by atomic mass is 10.2. The quantitative estimate of drug-likeness (QED) is 0.848. The molecule has 0 aliphatic carbocycles. The molecule has 0 saturated carbocycles. The molecule has 22 heavy (non-hydrogen) atoms. The number of carbonyl (C=O) groups excluding carboxylic acids is 1. The average molecular weight is 300 g/mol. The summed E-state index contributed by atoms with van der Waals surface area (Å²) < 4.78 is 10.7. The van der Waals surface area contributed by atoms with Crippen LogP contribution in [0.4, 0.5) is 0 Å². The van der Waals surface area contributed by atoms with Crippen molar-refractivity contribution < 1.29 is 13.9 Å². The lowest BCUT2D eigenvalue weighted by Gasteiger charge is -2.34. The molecule has 1 aliphatic rings. The Morgan fingerprint density at radius 3 is 2.55 bits per heavy atom. The van der Waals surface area contributed by atoms with Crippen LogP contribution >= 0.6 is 0 Å². The van der Waals surface area contributed by atoms with Gasteiger partial charge in [0.25, 0.3) is 5.91 Å². The molecule has 1 fully saturated rings. The third-order valence-electron chi connectivity index (χ3n) is 3.85. The molecule has 0 atom stereocenters. The largest absolute Gasteiger partial charge is 0.492 e. The molecule has 2 aromatic rings. The Labute approximate surface area is 130 Å². The molecule has 0 N–H and O–H groups in total. The number of furan rings is 1. The van der Waals surface area contributed by atoms with E-state index in [1.165, 1.54) is 12.5 Å². The zero-order valence-electron chi connectivity index (χ0n) is 12.5. The molecule has 5 nitrogen and oxygen atoms in total. The molecule has 116 valence electrons. The summed E-state index contributed by atoms with van der Waals surface area (Å²) in [7, 11) is 0. The van der Waals surface area contributed by atoms with Gasteiger partial charge >= 0.3 is 0 Å². The predicted molar refractivity (Wildman–Crippen MR) is 83.0 cm³/mol. The van der Waals surface area contributed by atoms with Crippen LogP contribution in [0, 0.1) is 0 Å². The van der Waals surface area contributed by atoms with Crippen LogP contribution in [0.5, 0.6) is 5.75 Å². The van der Waals surface area contributed by atoms with Crippen molar-refractivity contribution in [2.24, 2.45) is 0 Å². The SMILES string of the molecule is O=C(c1ccoc1)N1CCN(CCOc2ccccc2)CC1. The Bertz CT molecular complexity index is 575. The topological polar surface area (TPSA) is 45.9 Å². The molecule has 1 aliphatic heterocycles. The third-order valence-corrected chi connectivity index (χ3v) is 3.85. The van der Waals surface area contributed by atoms with Gasteiger partial charge in [0.2, 0.25) is 0 Å². The number of nitrogens with zero attached hydrogens (tertiary/aromatic N) is 2. The Morgan fingerprint density at radius 2 is 1.86 bits per heavy atom. The van der Waals surface area contributed by atoms with E-state index < -0.39 is 0 Å². The molecule has 1 aromatic heterocycles. The molecule has 0 bridgehead atoms. The van der Waals surface area contributed by atoms with Gasteiger partial charge in [-0.2, -0.15) is 0 Å². The maximum absolute atomic E-state index is 12.2. The minimum atomic E-state index is 0.0499. The Kier molecular flexibility index (Phi) is 4.75. The molecule has 0 unspecified atom stereocenters. The number of carbonyl (C=O) groups is 1. The molecule has 1 aromatic carbocycles. The van der Waals surface area contributed by atoms with E-state index in [4.69, 9.17) is 9.15 Å². The predicted octanol–water partition coefficient (Wildman–Crippen LogP) is 2.12. The van der Waals surface area contributed by atoms with Gasteiger partial charge in [-0.1, -0.05) is 18.2 Å². The van der Waals surface area contributed by atoms with E-state index in [-0.39, 0.29) is 5.91 Å². The van der Waals surface area contributed by atoms with Crippen molar-refractivity contribution in [1.82, 2.24) is 9.80 Å². The number of hydrogen-bond acceptors (Lipinski definition) is 4. The van der Waals surface area contributed by atoms with Gasteiger partial charge in [-0.05, 0) is 18.2 Å². The molecule has 3 rings (SSSR count).